The lowest BCUT2D eigenvalue weighted by Crippen LogP contribution is -2.36. The second kappa shape index (κ2) is 9.97. The molecule has 0 radical (unpaired) electrons. The van der Waals surface area contributed by atoms with Gasteiger partial charge in [-0.15, -0.1) is 0 Å². The largest absolute Gasteiger partial charge is 0.495 e. The molecule has 0 saturated carbocycles. The van der Waals surface area contributed by atoms with Gasteiger partial charge in [0.15, 0.2) is 11.5 Å². The van der Waals surface area contributed by atoms with Gasteiger partial charge in [-0.3, -0.25) is 0 Å². The summed E-state index contributed by atoms with van der Waals surface area (Å²) in [5.74, 6) is -0.165. The number of aromatic nitrogens is 1. The first-order valence-electron chi connectivity index (χ1n) is 10.2. The van der Waals surface area contributed by atoms with Crippen molar-refractivity contribution in [2.45, 2.75) is 38.3 Å². The van der Waals surface area contributed by atoms with Crippen LogP contribution in [0, 0.1) is 0 Å². The van der Waals surface area contributed by atoms with Crippen molar-refractivity contribution in [1.82, 2.24) is 9.46 Å². The molecule has 9 heteroatoms. The zero-order valence-electron chi connectivity index (χ0n) is 18.4. The van der Waals surface area contributed by atoms with Crippen molar-refractivity contribution in [3.8, 4) is 17.1 Å². The molecule has 8 nitrogen and oxygen atoms in total. The molecule has 0 spiro atoms. The van der Waals surface area contributed by atoms with E-state index in [0.29, 0.717) is 5.56 Å². The predicted octanol–water partition coefficient (Wildman–Crippen LogP) is 4.13. The van der Waals surface area contributed by atoms with Gasteiger partial charge in [-0.25, -0.2) is 13.2 Å². The average molecular weight is 459 g/mol. The van der Waals surface area contributed by atoms with E-state index >= 15 is 0 Å². The van der Waals surface area contributed by atoms with Crippen LogP contribution in [0.25, 0.3) is 11.3 Å². The van der Waals surface area contributed by atoms with Crippen molar-refractivity contribution in [3.63, 3.8) is 0 Å². The zero-order valence-corrected chi connectivity index (χ0v) is 19.3. The third-order valence-corrected chi connectivity index (χ3v) is 6.83. The van der Waals surface area contributed by atoms with Gasteiger partial charge in [0.2, 0.25) is 10.0 Å². The molecule has 0 atom stereocenters. The second-order valence-electron chi connectivity index (χ2n) is 7.29. The van der Waals surface area contributed by atoms with Crippen molar-refractivity contribution in [1.29, 1.82) is 0 Å². The summed E-state index contributed by atoms with van der Waals surface area (Å²) in [4.78, 5) is 11.9. The summed E-state index contributed by atoms with van der Waals surface area (Å²) in [5, 5.41) is 3.72. The molecule has 1 aromatic heterocycles. The Morgan fingerprint density at radius 2 is 1.84 bits per heavy atom. The van der Waals surface area contributed by atoms with E-state index in [4.69, 9.17) is 14.0 Å². The highest BCUT2D eigenvalue weighted by atomic mass is 32.2. The van der Waals surface area contributed by atoms with Gasteiger partial charge in [-0.1, -0.05) is 35.5 Å². The first-order valence-corrected chi connectivity index (χ1v) is 11.6. The quantitative estimate of drug-likeness (QED) is 0.445. The Balaban J connectivity index is 2.02. The molecule has 3 aromatic rings. The lowest BCUT2D eigenvalue weighted by molar-refractivity contribution is 0.0514. The summed E-state index contributed by atoms with van der Waals surface area (Å²) in [6.45, 7) is 5.75. The number of rotatable bonds is 9. The van der Waals surface area contributed by atoms with Gasteiger partial charge >= 0.3 is 5.97 Å². The maximum atomic E-state index is 13.7. The SMILES string of the molecule is CCOC(=O)c1cc(-c2ccc(OC)c(S(=O)(=O)N(Cc3ccccc3)C(C)C)c2)on1. The minimum Gasteiger partial charge on any atom is -0.495 e. The highest BCUT2D eigenvalue weighted by Gasteiger charge is 2.31. The van der Waals surface area contributed by atoms with Gasteiger partial charge in [0.25, 0.3) is 0 Å². The summed E-state index contributed by atoms with van der Waals surface area (Å²) in [6.07, 6.45) is 0. The Kier molecular flexibility index (Phi) is 7.32. The van der Waals surface area contributed by atoms with E-state index in [1.54, 1.807) is 19.1 Å². The van der Waals surface area contributed by atoms with Crippen LogP contribution < -0.4 is 4.74 Å². The van der Waals surface area contributed by atoms with E-state index in [1.165, 1.54) is 23.5 Å². The number of nitrogens with zero attached hydrogens (tertiary/aromatic N) is 2. The molecule has 3 rings (SSSR count). The second-order valence-corrected chi connectivity index (χ2v) is 9.15. The minimum absolute atomic E-state index is 0.00350. The fourth-order valence-corrected chi connectivity index (χ4v) is 4.99. The molecule has 0 bridgehead atoms. The average Bonchev–Trinajstić information content (AvgIpc) is 3.28. The van der Waals surface area contributed by atoms with Crippen LogP contribution in [0.1, 0.15) is 36.8 Å². The number of hydrogen-bond acceptors (Lipinski definition) is 7. The van der Waals surface area contributed by atoms with Gasteiger partial charge in [0, 0.05) is 24.2 Å². The molecule has 32 heavy (non-hydrogen) atoms. The zero-order chi connectivity index (χ0) is 23.3. The fourth-order valence-electron chi connectivity index (χ4n) is 3.18. The smallest absolute Gasteiger partial charge is 0.360 e. The van der Waals surface area contributed by atoms with Crippen LogP contribution in [0.4, 0.5) is 0 Å². The van der Waals surface area contributed by atoms with Gasteiger partial charge in [-0.05, 0) is 44.5 Å². The normalized spacial score (nSPS) is 11.7. The first kappa shape index (κ1) is 23.5. The van der Waals surface area contributed by atoms with Crippen molar-refractivity contribution < 1.29 is 27.2 Å². The monoisotopic (exact) mass is 458 g/mol. The number of carbonyl (C=O) groups is 1. The number of esters is 1. The van der Waals surface area contributed by atoms with Crippen LogP contribution in [0.3, 0.4) is 0 Å². The van der Waals surface area contributed by atoms with E-state index in [0.717, 1.165) is 5.56 Å². The molecule has 0 fully saturated rings. The topological polar surface area (TPSA) is 98.9 Å². The summed E-state index contributed by atoms with van der Waals surface area (Å²) >= 11 is 0. The molecule has 0 saturated heterocycles. The molecule has 0 aliphatic heterocycles. The molecule has 0 aliphatic rings. The van der Waals surface area contributed by atoms with E-state index in [1.807, 2.05) is 44.2 Å². The molecule has 2 aromatic carbocycles. The first-order chi connectivity index (χ1) is 15.3. The molecular formula is C23H26N2O6S. The number of ether oxygens (including phenoxy) is 2. The lowest BCUT2D eigenvalue weighted by atomic mass is 10.1. The minimum atomic E-state index is -3.94. The molecule has 1 heterocycles. The van der Waals surface area contributed by atoms with E-state index < -0.39 is 16.0 Å². The van der Waals surface area contributed by atoms with Crippen LogP contribution in [0.2, 0.25) is 0 Å². The Bertz CT molecular complexity index is 1170. The number of carbonyl (C=O) groups excluding carboxylic acids is 1. The van der Waals surface area contributed by atoms with Crippen LogP contribution in [0.15, 0.2) is 64.0 Å². The van der Waals surface area contributed by atoms with Gasteiger partial charge in [-0.2, -0.15) is 4.31 Å². The molecular weight excluding hydrogens is 432 g/mol. The van der Waals surface area contributed by atoms with Crippen LogP contribution in [-0.2, 0) is 21.3 Å². The predicted molar refractivity (Wildman–Crippen MR) is 119 cm³/mol. The molecule has 0 amide bonds. The van der Waals surface area contributed by atoms with E-state index in [9.17, 15) is 13.2 Å². The molecule has 0 aliphatic carbocycles. The fraction of sp³-hybridized carbons (Fsp3) is 0.304. The lowest BCUT2D eigenvalue weighted by Gasteiger charge is -2.27. The summed E-state index contributed by atoms with van der Waals surface area (Å²) < 4.78 is 44.3. The van der Waals surface area contributed by atoms with Gasteiger partial charge < -0.3 is 14.0 Å². The molecule has 0 unspecified atom stereocenters. The Hall–Kier alpha value is -3.17. The number of benzene rings is 2. The van der Waals surface area contributed by atoms with E-state index in [2.05, 4.69) is 5.16 Å². The number of sulfonamides is 1. The van der Waals surface area contributed by atoms with Crippen molar-refractivity contribution in [3.05, 3.63) is 65.9 Å². The third kappa shape index (κ3) is 5.00. The van der Waals surface area contributed by atoms with E-state index in [-0.39, 0.29) is 41.3 Å². The standard InChI is InChI=1S/C23H26N2O6S/c1-5-30-23(26)19-14-21(31-24-19)18-11-12-20(29-4)22(13-18)32(27,28)25(16(2)3)15-17-9-7-6-8-10-17/h6-14,16H,5,15H2,1-4H3. The third-order valence-electron chi connectivity index (χ3n) is 4.79. The van der Waals surface area contributed by atoms with Crippen LogP contribution in [0.5, 0.6) is 5.75 Å². The molecule has 0 N–H and O–H groups in total. The molecule has 170 valence electrons. The highest BCUT2D eigenvalue weighted by molar-refractivity contribution is 7.89. The van der Waals surface area contributed by atoms with Crippen molar-refractivity contribution in [2.75, 3.05) is 13.7 Å². The van der Waals surface area contributed by atoms with Gasteiger partial charge in [0.1, 0.15) is 10.6 Å². The Morgan fingerprint density at radius 1 is 1.12 bits per heavy atom. The Morgan fingerprint density at radius 3 is 2.47 bits per heavy atom. The number of hydrogen-bond donors (Lipinski definition) is 0. The van der Waals surface area contributed by atoms with Crippen molar-refractivity contribution >= 4 is 16.0 Å². The summed E-state index contributed by atoms with van der Waals surface area (Å²) in [7, 11) is -2.52. The summed E-state index contributed by atoms with van der Waals surface area (Å²) in [6, 6.07) is 15.2. The number of methoxy groups -OCH3 is 1. The maximum absolute atomic E-state index is 13.7. The highest BCUT2D eigenvalue weighted by Crippen LogP contribution is 2.33. The van der Waals surface area contributed by atoms with Crippen molar-refractivity contribution in [2.24, 2.45) is 0 Å². The maximum Gasteiger partial charge on any atom is 0.360 e. The van der Waals surface area contributed by atoms with Gasteiger partial charge in [0.05, 0.1) is 13.7 Å². The van der Waals surface area contributed by atoms with Crippen LogP contribution in [-0.4, -0.2) is 43.6 Å². The summed E-state index contributed by atoms with van der Waals surface area (Å²) in [5.41, 5.74) is 1.32. The van der Waals surface area contributed by atoms with Crippen LogP contribution >= 0.6 is 0 Å². The Labute approximate surface area is 187 Å².